The third kappa shape index (κ3) is 4.15. The molecule has 0 aliphatic carbocycles. The van der Waals surface area contributed by atoms with Gasteiger partial charge in [0.1, 0.15) is 0 Å². The van der Waals surface area contributed by atoms with E-state index >= 15 is 0 Å². The van der Waals surface area contributed by atoms with Crippen LogP contribution in [0.15, 0.2) is 64.8 Å². The molecule has 74 valence electrons. The monoisotopic (exact) mass is 236 g/mol. The Bertz CT molecular complexity index is 454. The minimum Gasteiger partial charge on any atom is -0.872 e. The molecule has 0 radical (unpaired) electrons. The minimum atomic E-state index is -0.0198. The van der Waals surface area contributed by atoms with Crippen molar-refractivity contribution in [2.75, 3.05) is 0 Å². The van der Waals surface area contributed by atoms with E-state index in [1.54, 1.807) is 12.1 Å². The second kappa shape index (κ2) is 6.93. The number of nitrogens with zero attached hydrogens (tertiary/aromatic N) is 2. The van der Waals surface area contributed by atoms with E-state index in [4.69, 9.17) is 0 Å². The Balaban J connectivity index is 0.00000128. The van der Waals surface area contributed by atoms with Crippen LogP contribution in [0.2, 0.25) is 0 Å². The van der Waals surface area contributed by atoms with Gasteiger partial charge in [0.05, 0.1) is 11.4 Å². The molecule has 0 heterocycles. The van der Waals surface area contributed by atoms with E-state index in [1.807, 2.05) is 30.3 Å². The molecule has 0 spiro atoms. The van der Waals surface area contributed by atoms with Gasteiger partial charge < -0.3 is 5.11 Å². The molecule has 0 unspecified atom stereocenters. The fourth-order valence-corrected chi connectivity index (χ4v) is 1.12. The standard InChI is InChI=1S/C12H10N2O.K/c15-12-8-6-11(7-9-12)14-13-10-4-2-1-3-5-10;/h1-9,15H;/q;+1/p-1. The normalized spacial score (nSPS) is 10.0. The van der Waals surface area contributed by atoms with Crippen molar-refractivity contribution < 1.29 is 56.5 Å². The van der Waals surface area contributed by atoms with Crippen LogP contribution in [0.5, 0.6) is 5.75 Å². The first-order valence-electron chi connectivity index (χ1n) is 4.58. The maximum Gasteiger partial charge on any atom is 1.00 e. The molecule has 2 aromatic rings. The number of azo groups is 1. The van der Waals surface area contributed by atoms with Crippen molar-refractivity contribution in [3.63, 3.8) is 0 Å². The summed E-state index contributed by atoms with van der Waals surface area (Å²) in [4.78, 5) is 0. The molecule has 0 saturated carbocycles. The van der Waals surface area contributed by atoms with E-state index < -0.39 is 0 Å². The summed E-state index contributed by atoms with van der Waals surface area (Å²) in [5.41, 5.74) is 1.47. The van der Waals surface area contributed by atoms with Gasteiger partial charge in [-0.3, -0.25) is 0 Å². The van der Waals surface area contributed by atoms with Crippen LogP contribution in [0.1, 0.15) is 0 Å². The fraction of sp³-hybridized carbons (Fsp3) is 0. The average molecular weight is 236 g/mol. The van der Waals surface area contributed by atoms with Gasteiger partial charge in [-0.15, -0.1) is 5.75 Å². The van der Waals surface area contributed by atoms with Crippen LogP contribution < -0.4 is 56.5 Å². The molecular weight excluding hydrogens is 227 g/mol. The van der Waals surface area contributed by atoms with Gasteiger partial charge in [-0.1, -0.05) is 30.3 Å². The molecule has 0 aliphatic heterocycles. The summed E-state index contributed by atoms with van der Waals surface area (Å²) >= 11 is 0. The maximum absolute atomic E-state index is 10.8. The molecule has 0 aromatic heterocycles. The Kier molecular flexibility index (Phi) is 5.87. The van der Waals surface area contributed by atoms with Gasteiger partial charge in [0.15, 0.2) is 0 Å². The first-order valence-corrected chi connectivity index (χ1v) is 4.58. The maximum atomic E-state index is 10.8. The molecule has 0 saturated heterocycles. The molecule has 0 amide bonds. The number of benzene rings is 2. The van der Waals surface area contributed by atoms with Crippen LogP contribution in [0.4, 0.5) is 11.4 Å². The zero-order valence-corrected chi connectivity index (χ0v) is 12.1. The molecule has 4 heteroatoms. The smallest absolute Gasteiger partial charge is 0.872 e. The van der Waals surface area contributed by atoms with Gasteiger partial charge in [-0.05, 0) is 24.3 Å². The van der Waals surface area contributed by atoms with Crippen molar-refractivity contribution in [1.29, 1.82) is 0 Å². The summed E-state index contributed by atoms with van der Waals surface area (Å²) in [6.45, 7) is 0. The van der Waals surface area contributed by atoms with Crippen molar-refractivity contribution in [2.45, 2.75) is 0 Å². The predicted molar refractivity (Wildman–Crippen MR) is 56.5 cm³/mol. The fourth-order valence-electron chi connectivity index (χ4n) is 1.12. The van der Waals surface area contributed by atoms with Crippen molar-refractivity contribution in [2.24, 2.45) is 10.2 Å². The summed E-state index contributed by atoms with van der Waals surface area (Å²) in [5, 5.41) is 18.9. The number of rotatable bonds is 2. The Morgan fingerprint density at radius 1 is 0.688 bits per heavy atom. The van der Waals surface area contributed by atoms with Crippen LogP contribution in [0, 0.1) is 0 Å². The Labute approximate surface area is 137 Å². The summed E-state index contributed by atoms with van der Waals surface area (Å²) in [5.74, 6) is -0.0198. The van der Waals surface area contributed by atoms with E-state index in [0.717, 1.165) is 5.69 Å². The zero-order valence-electron chi connectivity index (χ0n) is 9.00. The van der Waals surface area contributed by atoms with Crippen LogP contribution in [-0.2, 0) is 0 Å². The topological polar surface area (TPSA) is 47.8 Å². The van der Waals surface area contributed by atoms with E-state index in [2.05, 4.69) is 10.2 Å². The van der Waals surface area contributed by atoms with Gasteiger partial charge in [-0.25, -0.2) is 0 Å². The second-order valence-electron chi connectivity index (χ2n) is 3.03. The van der Waals surface area contributed by atoms with Crippen molar-refractivity contribution in [3.05, 3.63) is 54.6 Å². The van der Waals surface area contributed by atoms with Gasteiger partial charge in [-0.2, -0.15) is 10.2 Å². The van der Waals surface area contributed by atoms with Crippen molar-refractivity contribution in [1.82, 2.24) is 0 Å². The third-order valence-corrected chi connectivity index (χ3v) is 1.87. The molecule has 0 fully saturated rings. The van der Waals surface area contributed by atoms with E-state index in [-0.39, 0.29) is 57.1 Å². The summed E-state index contributed by atoms with van der Waals surface area (Å²) in [6, 6.07) is 15.7. The summed E-state index contributed by atoms with van der Waals surface area (Å²) < 4.78 is 0. The minimum absolute atomic E-state index is 0. The summed E-state index contributed by atoms with van der Waals surface area (Å²) in [6.07, 6.45) is 0. The van der Waals surface area contributed by atoms with Crippen molar-refractivity contribution in [3.8, 4) is 5.75 Å². The second-order valence-corrected chi connectivity index (χ2v) is 3.03. The van der Waals surface area contributed by atoms with E-state index in [0.29, 0.717) is 5.69 Å². The van der Waals surface area contributed by atoms with Crippen LogP contribution in [0.25, 0.3) is 0 Å². The molecule has 2 aromatic carbocycles. The first-order chi connectivity index (χ1) is 7.34. The molecule has 16 heavy (non-hydrogen) atoms. The number of hydrogen-bond acceptors (Lipinski definition) is 3. The zero-order chi connectivity index (χ0) is 10.5. The average Bonchev–Trinajstić information content (AvgIpc) is 2.30. The quantitative estimate of drug-likeness (QED) is 0.542. The molecule has 3 nitrogen and oxygen atoms in total. The largest absolute Gasteiger partial charge is 1.00 e. The van der Waals surface area contributed by atoms with Crippen LogP contribution in [0.3, 0.4) is 0 Å². The Morgan fingerprint density at radius 2 is 1.19 bits per heavy atom. The van der Waals surface area contributed by atoms with Gasteiger partial charge in [0.25, 0.3) is 0 Å². The molecular formula is C12H9KN2O. The molecule has 0 aliphatic rings. The third-order valence-electron chi connectivity index (χ3n) is 1.87. The molecule has 2 rings (SSSR count). The Morgan fingerprint density at radius 3 is 1.75 bits per heavy atom. The van der Waals surface area contributed by atoms with Crippen LogP contribution >= 0.6 is 0 Å². The van der Waals surface area contributed by atoms with E-state index in [1.165, 1.54) is 12.1 Å². The molecule has 0 N–H and O–H groups in total. The summed E-state index contributed by atoms with van der Waals surface area (Å²) in [7, 11) is 0. The SMILES string of the molecule is [K+].[O-]c1ccc(N=Nc2ccccc2)cc1. The molecule has 0 atom stereocenters. The first kappa shape index (κ1) is 13.5. The van der Waals surface area contributed by atoms with Gasteiger partial charge in [0.2, 0.25) is 0 Å². The van der Waals surface area contributed by atoms with Crippen LogP contribution in [-0.4, -0.2) is 0 Å². The molecule has 0 bridgehead atoms. The predicted octanol–water partition coefficient (Wildman–Crippen LogP) is 0.180. The van der Waals surface area contributed by atoms with Gasteiger partial charge >= 0.3 is 51.4 Å². The Hall–Kier alpha value is -0.524. The number of hydrogen-bond donors (Lipinski definition) is 0. The van der Waals surface area contributed by atoms with Gasteiger partial charge in [0, 0.05) is 0 Å². The van der Waals surface area contributed by atoms with E-state index in [9.17, 15) is 5.11 Å². The van der Waals surface area contributed by atoms with Crippen molar-refractivity contribution >= 4 is 11.4 Å².